The largest absolute Gasteiger partial charge is 0.481 e. The van der Waals surface area contributed by atoms with Gasteiger partial charge in [-0.2, -0.15) is 0 Å². The number of aliphatic carboxylic acids is 6. The Hall–Kier alpha value is -5.44. The highest BCUT2D eigenvalue weighted by Gasteiger charge is 2.41. The van der Waals surface area contributed by atoms with E-state index in [2.05, 4.69) is 19.9 Å². The normalized spacial score (nSPS) is 13.3. The molecule has 0 aliphatic rings. The molecule has 2 aromatic rings. The standard InChI is InChI=1S/2C6H8O7.C6H12O6.C5H5N5/c2*7-3(8)1-6(13,5(11)12)2-4(9)10;7-1-3(9)5(11)6(12)4(10)2-8;6-4-3-5(9-1-7-3)10-2-8-4/h2*13H,1-2H2,(H,7,8)(H,9,10)(H,11,12);1,3-6,8-12H,2H2;1-2H,(H3,6,7,8,9,10)/t;;3-,4+,5+,6+;/m..0./s1. The summed E-state index contributed by atoms with van der Waals surface area (Å²) in [6.07, 6.45) is -8.49. The second kappa shape index (κ2) is 20.6. The molecule has 0 aliphatic heterocycles. The molecule has 48 heavy (non-hydrogen) atoms. The summed E-state index contributed by atoms with van der Waals surface area (Å²) in [7, 11) is 0. The number of carboxylic acids is 6. The molecule has 0 aliphatic carbocycles. The van der Waals surface area contributed by atoms with Crippen molar-refractivity contribution in [1.29, 1.82) is 0 Å². The van der Waals surface area contributed by atoms with Gasteiger partial charge < -0.3 is 81.9 Å². The molecule has 0 bridgehead atoms. The van der Waals surface area contributed by atoms with Crippen LogP contribution in [0, 0.1) is 0 Å². The van der Waals surface area contributed by atoms with Crippen molar-refractivity contribution >= 4 is 59.1 Å². The fourth-order valence-corrected chi connectivity index (χ4v) is 2.83. The molecule has 16 N–H and O–H groups in total. The van der Waals surface area contributed by atoms with Gasteiger partial charge in [-0.15, -0.1) is 0 Å². The Labute approximate surface area is 265 Å². The van der Waals surface area contributed by atoms with Crippen LogP contribution in [0.2, 0.25) is 0 Å². The summed E-state index contributed by atoms with van der Waals surface area (Å²) in [4.78, 5) is 85.2. The Balaban J connectivity index is 0. The fraction of sp³-hybridized carbons (Fsp3) is 0.478. The Bertz CT molecular complexity index is 1320. The number of hydrogen-bond donors (Lipinski definition) is 15. The topological polar surface area (TPSA) is 463 Å². The van der Waals surface area contributed by atoms with Crippen LogP contribution in [0.5, 0.6) is 0 Å². The SMILES string of the molecule is Nc1ncnc2nc[nH]c12.O=C(O)CC(O)(CC(=O)O)C(=O)O.O=C(O)CC(O)(CC(=O)O)C(=O)O.O=C[C@H](O)[C@@H](O)[C@H](O)[C@H](O)CO. The number of nitrogens with two attached hydrogens (primary N) is 1. The molecule has 25 nitrogen and oxygen atoms in total. The number of anilines is 1. The second-order valence-corrected chi connectivity index (χ2v) is 9.17. The van der Waals surface area contributed by atoms with Crippen molar-refractivity contribution in [2.75, 3.05) is 12.3 Å². The maximum absolute atomic E-state index is 10.3. The van der Waals surface area contributed by atoms with Crippen LogP contribution in [0.25, 0.3) is 11.2 Å². The maximum atomic E-state index is 10.3. The van der Waals surface area contributed by atoms with Gasteiger partial charge >= 0.3 is 35.8 Å². The molecule has 2 aromatic heterocycles. The molecule has 25 heteroatoms. The second-order valence-electron chi connectivity index (χ2n) is 9.17. The fourth-order valence-electron chi connectivity index (χ4n) is 2.83. The van der Waals surface area contributed by atoms with Crippen molar-refractivity contribution in [2.24, 2.45) is 0 Å². The molecule has 270 valence electrons. The number of aldehydes is 1. The molecule has 2 heterocycles. The molecule has 0 unspecified atom stereocenters. The minimum Gasteiger partial charge on any atom is -0.481 e. The van der Waals surface area contributed by atoms with Gasteiger partial charge in [0.25, 0.3) is 0 Å². The molecule has 0 radical (unpaired) electrons. The number of nitrogens with one attached hydrogen (secondary N) is 1. The van der Waals surface area contributed by atoms with E-state index in [1.807, 2.05) is 0 Å². The van der Waals surface area contributed by atoms with Crippen LogP contribution in [-0.2, 0) is 33.6 Å². The number of nitrogen functional groups attached to an aromatic ring is 1. The summed E-state index contributed by atoms with van der Waals surface area (Å²) < 4.78 is 0. The summed E-state index contributed by atoms with van der Waals surface area (Å²) in [5.74, 6) is -9.60. The van der Waals surface area contributed by atoms with Crippen LogP contribution in [-0.4, -0.2) is 171 Å². The van der Waals surface area contributed by atoms with E-state index in [1.54, 1.807) is 0 Å². The van der Waals surface area contributed by atoms with Crippen LogP contribution in [0.4, 0.5) is 5.82 Å². The summed E-state index contributed by atoms with van der Waals surface area (Å²) >= 11 is 0. The van der Waals surface area contributed by atoms with E-state index < -0.39 is 104 Å². The van der Waals surface area contributed by atoms with Gasteiger partial charge in [-0.1, -0.05) is 0 Å². The minimum atomic E-state index is -2.74. The monoisotopic (exact) mass is 699 g/mol. The molecular formula is C23H33N5O20. The summed E-state index contributed by atoms with van der Waals surface area (Å²) in [6, 6.07) is 0. The number of aromatic amines is 1. The molecule has 0 aromatic carbocycles. The number of carbonyl (C=O) groups excluding carboxylic acids is 1. The van der Waals surface area contributed by atoms with Crippen LogP contribution in [0.15, 0.2) is 12.7 Å². The number of hydrogen-bond acceptors (Lipinski definition) is 18. The number of imidazole rings is 1. The Kier molecular flexibility index (Phi) is 19.2. The van der Waals surface area contributed by atoms with Gasteiger partial charge in [0.1, 0.15) is 36.3 Å². The third kappa shape index (κ3) is 16.2. The van der Waals surface area contributed by atoms with E-state index in [0.29, 0.717) is 17.0 Å². The average Bonchev–Trinajstić information content (AvgIpc) is 3.45. The molecular weight excluding hydrogens is 666 g/mol. The first kappa shape index (κ1) is 44.7. The Morgan fingerprint density at radius 1 is 0.729 bits per heavy atom. The molecule has 4 atom stereocenters. The van der Waals surface area contributed by atoms with E-state index in [-0.39, 0.29) is 6.29 Å². The van der Waals surface area contributed by atoms with Crippen molar-refractivity contribution in [2.45, 2.75) is 61.3 Å². The number of aliphatic hydroxyl groups is 7. The summed E-state index contributed by atoms with van der Waals surface area (Å²) in [6.45, 7) is -0.760. The third-order valence-corrected chi connectivity index (χ3v) is 5.24. The minimum absolute atomic E-state index is 0.0258. The smallest absolute Gasteiger partial charge is 0.336 e. The van der Waals surface area contributed by atoms with Crippen molar-refractivity contribution in [3.63, 3.8) is 0 Å². The van der Waals surface area contributed by atoms with Crippen LogP contribution in [0.3, 0.4) is 0 Å². The summed E-state index contributed by atoms with van der Waals surface area (Å²) in [5.41, 5.74) is 1.30. The highest BCUT2D eigenvalue weighted by atomic mass is 16.4. The lowest BCUT2D eigenvalue weighted by Crippen LogP contribution is -2.46. The van der Waals surface area contributed by atoms with E-state index >= 15 is 0 Å². The van der Waals surface area contributed by atoms with E-state index in [9.17, 15) is 33.6 Å². The maximum Gasteiger partial charge on any atom is 0.336 e. The highest BCUT2D eigenvalue weighted by molar-refractivity contribution is 5.88. The van der Waals surface area contributed by atoms with Crippen LogP contribution >= 0.6 is 0 Å². The number of aromatic nitrogens is 4. The van der Waals surface area contributed by atoms with Crippen molar-refractivity contribution in [3.05, 3.63) is 12.7 Å². The lowest BCUT2D eigenvalue weighted by molar-refractivity contribution is -0.170. The predicted molar refractivity (Wildman–Crippen MR) is 147 cm³/mol. The first-order valence-corrected chi connectivity index (χ1v) is 12.4. The van der Waals surface area contributed by atoms with Gasteiger partial charge in [0.2, 0.25) is 0 Å². The van der Waals surface area contributed by atoms with E-state index in [1.165, 1.54) is 12.7 Å². The van der Waals surface area contributed by atoms with Gasteiger partial charge in [0, 0.05) is 0 Å². The lowest BCUT2D eigenvalue weighted by atomic mass is 9.96. The molecule has 0 saturated carbocycles. The zero-order chi connectivity index (χ0) is 38.0. The molecule has 0 saturated heterocycles. The number of nitrogens with zero attached hydrogens (tertiary/aromatic N) is 3. The Morgan fingerprint density at radius 3 is 1.42 bits per heavy atom. The molecule has 0 fully saturated rings. The number of carboxylic acid groups (broad SMARTS) is 6. The molecule has 2 rings (SSSR count). The van der Waals surface area contributed by atoms with Gasteiger partial charge in [0.15, 0.2) is 29.0 Å². The van der Waals surface area contributed by atoms with Crippen LogP contribution in [0.1, 0.15) is 25.7 Å². The lowest BCUT2D eigenvalue weighted by Gasteiger charge is -2.22. The molecule has 0 spiro atoms. The van der Waals surface area contributed by atoms with Crippen molar-refractivity contribution in [1.82, 2.24) is 19.9 Å². The van der Waals surface area contributed by atoms with Gasteiger partial charge in [0.05, 0.1) is 38.6 Å². The molecule has 0 amide bonds. The highest BCUT2D eigenvalue weighted by Crippen LogP contribution is 2.16. The van der Waals surface area contributed by atoms with Gasteiger partial charge in [-0.3, -0.25) is 19.2 Å². The van der Waals surface area contributed by atoms with Crippen molar-refractivity contribution < 1.29 is 99.9 Å². The van der Waals surface area contributed by atoms with E-state index in [0.717, 1.165) is 0 Å². The summed E-state index contributed by atoms with van der Waals surface area (Å²) in [5, 5.41) is 111. The number of fused-ring (bicyclic) bond motifs is 1. The van der Waals surface area contributed by atoms with Gasteiger partial charge in [-0.05, 0) is 0 Å². The van der Waals surface area contributed by atoms with Gasteiger partial charge in [-0.25, -0.2) is 24.5 Å². The third-order valence-electron chi connectivity index (χ3n) is 5.24. The van der Waals surface area contributed by atoms with Crippen LogP contribution < -0.4 is 5.73 Å². The number of aliphatic hydroxyl groups excluding tert-OH is 5. The number of carbonyl (C=O) groups is 7. The Morgan fingerprint density at radius 2 is 1.12 bits per heavy atom. The number of rotatable bonds is 15. The van der Waals surface area contributed by atoms with Crippen molar-refractivity contribution in [3.8, 4) is 0 Å². The first-order chi connectivity index (χ1) is 22.0. The van der Waals surface area contributed by atoms with E-state index in [4.69, 9.17) is 72.1 Å². The predicted octanol–water partition coefficient (Wildman–Crippen LogP) is -5.94. The number of H-pyrrole nitrogens is 1. The quantitative estimate of drug-likeness (QED) is 0.0769. The zero-order valence-electron chi connectivity index (χ0n) is 24.2. The zero-order valence-corrected chi connectivity index (χ0v) is 24.2. The first-order valence-electron chi connectivity index (χ1n) is 12.4. The average molecular weight is 700 g/mol.